The van der Waals surface area contributed by atoms with Crippen LogP contribution in [-0.4, -0.2) is 33.5 Å². The molecule has 0 spiro atoms. The van der Waals surface area contributed by atoms with Crippen molar-refractivity contribution in [2.45, 2.75) is 12.8 Å². The third-order valence-corrected chi connectivity index (χ3v) is 4.74. The van der Waals surface area contributed by atoms with Gasteiger partial charge in [-0.3, -0.25) is 14.5 Å². The SMILES string of the molecule is O=C1c2ccccc2C(=O)N1CCCc1nnc(-c2ccc(Br)cc2)o1. The Morgan fingerprint density at radius 1 is 0.923 bits per heavy atom. The predicted octanol–water partition coefficient (Wildman–Crippen LogP) is 3.73. The first-order valence-corrected chi connectivity index (χ1v) is 8.96. The van der Waals surface area contributed by atoms with Crippen LogP contribution in [-0.2, 0) is 6.42 Å². The number of rotatable bonds is 5. The molecular weight excluding hydrogens is 398 g/mol. The summed E-state index contributed by atoms with van der Waals surface area (Å²) in [5.41, 5.74) is 1.77. The summed E-state index contributed by atoms with van der Waals surface area (Å²) in [4.78, 5) is 25.9. The van der Waals surface area contributed by atoms with E-state index in [-0.39, 0.29) is 11.8 Å². The minimum atomic E-state index is -0.244. The van der Waals surface area contributed by atoms with Crippen molar-refractivity contribution in [3.8, 4) is 11.5 Å². The Bertz CT molecular complexity index is 947. The quantitative estimate of drug-likeness (QED) is 0.597. The first-order chi connectivity index (χ1) is 12.6. The van der Waals surface area contributed by atoms with E-state index in [0.29, 0.717) is 42.3 Å². The third-order valence-electron chi connectivity index (χ3n) is 4.21. The van der Waals surface area contributed by atoms with E-state index in [0.717, 1.165) is 10.0 Å². The number of carbonyl (C=O) groups is 2. The topological polar surface area (TPSA) is 76.3 Å². The van der Waals surface area contributed by atoms with Gasteiger partial charge in [-0.25, -0.2) is 0 Å². The van der Waals surface area contributed by atoms with Crippen LogP contribution >= 0.6 is 15.9 Å². The Morgan fingerprint density at radius 2 is 1.58 bits per heavy atom. The average molecular weight is 412 g/mol. The van der Waals surface area contributed by atoms with Gasteiger partial charge in [-0.15, -0.1) is 10.2 Å². The largest absolute Gasteiger partial charge is 0.421 e. The van der Waals surface area contributed by atoms with Gasteiger partial charge < -0.3 is 4.42 Å². The van der Waals surface area contributed by atoms with Gasteiger partial charge in [0, 0.05) is 23.0 Å². The standard InChI is InChI=1S/C19H14BrN3O3/c20-13-9-7-12(8-10-13)17-22-21-16(26-17)6-3-11-23-18(24)14-4-1-2-5-15(14)19(23)25/h1-2,4-5,7-10H,3,6,11H2. The van der Waals surface area contributed by atoms with Crippen LogP contribution in [0.4, 0.5) is 0 Å². The zero-order chi connectivity index (χ0) is 18.1. The summed E-state index contributed by atoms with van der Waals surface area (Å²) >= 11 is 3.38. The third kappa shape index (κ3) is 3.06. The van der Waals surface area contributed by atoms with Crippen molar-refractivity contribution in [3.05, 3.63) is 70.0 Å². The van der Waals surface area contributed by atoms with E-state index in [1.165, 1.54) is 4.90 Å². The lowest BCUT2D eigenvalue weighted by molar-refractivity contribution is 0.0651. The predicted molar refractivity (Wildman–Crippen MR) is 97.6 cm³/mol. The van der Waals surface area contributed by atoms with Crippen LogP contribution in [0.2, 0.25) is 0 Å². The second-order valence-corrected chi connectivity index (χ2v) is 6.83. The molecule has 2 aromatic carbocycles. The molecule has 0 unspecified atom stereocenters. The summed E-state index contributed by atoms with van der Waals surface area (Å²) in [6.07, 6.45) is 1.06. The van der Waals surface area contributed by atoms with Gasteiger partial charge in [-0.2, -0.15) is 0 Å². The number of hydrogen-bond donors (Lipinski definition) is 0. The first-order valence-electron chi connectivity index (χ1n) is 8.17. The first kappa shape index (κ1) is 16.7. The number of hydrogen-bond acceptors (Lipinski definition) is 5. The maximum absolute atomic E-state index is 12.3. The lowest BCUT2D eigenvalue weighted by atomic mass is 10.1. The summed E-state index contributed by atoms with van der Waals surface area (Å²) < 4.78 is 6.64. The van der Waals surface area contributed by atoms with Gasteiger partial charge in [-0.05, 0) is 42.8 Å². The summed E-state index contributed by atoms with van der Waals surface area (Å²) in [5.74, 6) is 0.450. The summed E-state index contributed by atoms with van der Waals surface area (Å²) in [7, 11) is 0. The molecule has 26 heavy (non-hydrogen) atoms. The van der Waals surface area contributed by atoms with Crippen LogP contribution in [0, 0.1) is 0 Å². The molecule has 1 aromatic heterocycles. The zero-order valence-corrected chi connectivity index (χ0v) is 15.3. The number of aryl methyl sites for hydroxylation is 1. The molecule has 2 heterocycles. The van der Waals surface area contributed by atoms with Gasteiger partial charge in [0.25, 0.3) is 11.8 Å². The molecule has 0 bridgehead atoms. The molecule has 1 aliphatic heterocycles. The molecule has 0 radical (unpaired) electrons. The summed E-state index contributed by atoms with van der Waals surface area (Å²) in [5, 5.41) is 8.09. The van der Waals surface area contributed by atoms with Crippen LogP contribution in [0.15, 0.2) is 57.4 Å². The molecule has 1 aliphatic rings. The smallest absolute Gasteiger partial charge is 0.261 e. The molecule has 0 atom stereocenters. The molecule has 130 valence electrons. The zero-order valence-electron chi connectivity index (χ0n) is 13.7. The Hall–Kier alpha value is -2.80. The molecule has 0 aliphatic carbocycles. The van der Waals surface area contributed by atoms with Gasteiger partial charge in [0.2, 0.25) is 11.8 Å². The van der Waals surface area contributed by atoms with E-state index < -0.39 is 0 Å². The lowest BCUT2D eigenvalue weighted by Gasteiger charge is -2.12. The molecule has 0 fully saturated rings. The van der Waals surface area contributed by atoms with E-state index in [1.807, 2.05) is 24.3 Å². The van der Waals surface area contributed by atoms with Gasteiger partial charge in [0.1, 0.15) is 0 Å². The van der Waals surface area contributed by atoms with Crippen molar-refractivity contribution < 1.29 is 14.0 Å². The lowest BCUT2D eigenvalue weighted by Crippen LogP contribution is -2.30. The van der Waals surface area contributed by atoms with Gasteiger partial charge >= 0.3 is 0 Å². The number of carbonyl (C=O) groups excluding carboxylic acids is 2. The molecule has 0 N–H and O–H groups in total. The summed E-state index contributed by atoms with van der Waals surface area (Å²) in [6.45, 7) is 0.322. The maximum Gasteiger partial charge on any atom is 0.261 e. The number of amides is 2. The number of aromatic nitrogens is 2. The number of fused-ring (bicyclic) bond motifs is 1. The molecule has 3 aromatic rings. The Balaban J connectivity index is 1.38. The number of nitrogens with zero attached hydrogens (tertiary/aromatic N) is 3. The second kappa shape index (κ2) is 6.84. The van der Waals surface area contributed by atoms with E-state index in [1.54, 1.807) is 24.3 Å². The van der Waals surface area contributed by atoms with Crippen molar-refractivity contribution in [2.75, 3.05) is 6.54 Å². The Morgan fingerprint density at radius 3 is 2.23 bits per heavy atom. The molecule has 2 amide bonds. The fraction of sp³-hybridized carbons (Fsp3) is 0.158. The number of imide groups is 1. The molecule has 6 nitrogen and oxygen atoms in total. The van der Waals surface area contributed by atoms with Crippen molar-refractivity contribution in [1.29, 1.82) is 0 Å². The number of halogens is 1. The second-order valence-electron chi connectivity index (χ2n) is 5.92. The van der Waals surface area contributed by atoms with Crippen LogP contribution in [0.1, 0.15) is 33.0 Å². The highest BCUT2D eigenvalue weighted by Gasteiger charge is 2.34. The van der Waals surface area contributed by atoms with Crippen LogP contribution in [0.3, 0.4) is 0 Å². The van der Waals surface area contributed by atoms with Crippen LogP contribution in [0.5, 0.6) is 0 Å². The van der Waals surface area contributed by atoms with Crippen LogP contribution in [0.25, 0.3) is 11.5 Å². The van der Waals surface area contributed by atoms with Gasteiger partial charge in [0.15, 0.2) is 0 Å². The monoisotopic (exact) mass is 411 g/mol. The molecule has 7 heteroatoms. The average Bonchev–Trinajstić information content (AvgIpc) is 3.22. The molecule has 0 saturated carbocycles. The minimum Gasteiger partial charge on any atom is -0.421 e. The van der Waals surface area contributed by atoms with E-state index in [2.05, 4.69) is 26.1 Å². The van der Waals surface area contributed by atoms with E-state index in [9.17, 15) is 9.59 Å². The van der Waals surface area contributed by atoms with Gasteiger partial charge in [0.05, 0.1) is 11.1 Å². The van der Waals surface area contributed by atoms with E-state index in [4.69, 9.17) is 4.42 Å². The molecular formula is C19H14BrN3O3. The Labute approximate surface area is 158 Å². The fourth-order valence-corrected chi connectivity index (χ4v) is 3.16. The van der Waals surface area contributed by atoms with Gasteiger partial charge in [-0.1, -0.05) is 28.1 Å². The Kier molecular flexibility index (Phi) is 4.38. The maximum atomic E-state index is 12.3. The fourth-order valence-electron chi connectivity index (χ4n) is 2.89. The van der Waals surface area contributed by atoms with Crippen molar-refractivity contribution in [3.63, 3.8) is 0 Å². The highest BCUT2D eigenvalue weighted by atomic mass is 79.9. The van der Waals surface area contributed by atoms with Crippen molar-refractivity contribution in [1.82, 2.24) is 15.1 Å². The molecule has 0 saturated heterocycles. The highest BCUT2D eigenvalue weighted by molar-refractivity contribution is 9.10. The van der Waals surface area contributed by atoms with Crippen molar-refractivity contribution in [2.24, 2.45) is 0 Å². The molecule has 4 rings (SSSR count). The van der Waals surface area contributed by atoms with Crippen LogP contribution < -0.4 is 0 Å². The van der Waals surface area contributed by atoms with Crippen molar-refractivity contribution >= 4 is 27.7 Å². The number of benzene rings is 2. The summed E-state index contributed by atoms with van der Waals surface area (Å²) in [6, 6.07) is 14.5. The normalized spacial score (nSPS) is 13.3. The van der Waals surface area contributed by atoms with E-state index >= 15 is 0 Å². The minimum absolute atomic E-state index is 0.244. The highest BCUT2D eigenvalue weighted by Crippen LogP contribution is 2.23.